The van der Waals surface area contributed by atoms with Crippen LogP contribution in [0.25, 0.3) is 0 Å². The van der Waals surface area contributed by atoms with Crippen LogP contribution in [0, 0.1) is 9.49 Å². The van der Waals surface area contributed by atoms with Crippen LogP contribution in [-0.4, -0.2) is 15.6 Å². The predicted octanol–water partition coefficient (Wildman–Crippen LogP) is 3.93. The molecule has 3 nitrogen and oxygen atoms in total. The molecule has 1 saturated carbocycles. The second kappa shape index (κ2) is 5.42. The van der Waals surface area contributed by atoms with Gasteiger partial charge in [0.15, 0.2) is 0 Å². The largest absolute Gasteiger partial charge is 0.477 e. The van der Waals surface area contributed by atoms with E-state index in [4.69, 9.17) is 0 Å². The summed E-state index contributed by atoms with van der Waals surface area (Å²) < 4.78 is 2.95. The fourth-order valence-electron chi connectivity index (χ4n) is 2.80. The molecule has 1 fully saturated rings. The van der Waals surface area contributed by atoms with Crippen molar-refractivity contribution in [1.29, 1.82) is 0 Å². The van der Waals surface area contributed by atoms with Gasteiger partial charge in [0.25, 0.3) is 0 Å². The van der Waals surface area contributed by atoms with Crippen molar-refractivity contribution in [1.82, 2.24) is 4.57 Å². The lowest BCUT2D eigenvalue weighted by atomic mass is 9.84. The minimum Gasteiger partial charge on any atom is -0.477 e. The van der Waals surface area contributed by atoms with Crippen molar-refractivity contribution in [3.05, 3.63) is 21.5 Å². The lowest BCUT2D eigenvalue weighted by Crippen LogP contribution is -2.21. The highest BCUT2D eigenvalue weighted by molar-refractivity contribution is 14.1. The predicted molar refractivity (Wildman–Crippen MR) is 75.4 cm³/mol. The molecule has 4 heteroatoms. The molecule has 0 bridgehead atoms. The average molecular weight is 347 g/mol. The van der Waals surface area contributed by atoms with Gasteiger partial charge in [0.1, 0.15) is 5.69 Å². The fraction of sp³-hybridized carbons (Fsp3) is 0.615. The number of carbonyl (C=O) groups is 1. The lowest BCUT2D eigenvalue weighted by Gasteiger charge is -2.29. The Morgan fingerprint density at radius 3 is 2.71 bits per heavy atom. The maximum Gasteiger partial charge on any atom is 0.352 e. The van der Waals surface area contributed by atoms with E-state index in [-0.39, 0.29) is 0 Å². The molecular formula is C13H18INO2. The first-order valence-electron chi connectivity index (χ1n) is 6.20. The average Bonchev–Trinajstić information content (AvgIpc) is 2.72. The summed E-state index contributed by atoms with van der Waals surface area (Å²) in [5.74, 6) is -0.194. The van der Waals surface area contributed by atoms with Crippen LogP contribution in [0.15, 0.2) is 12.3 Å². The van der Waals surface area contributed by atoms with Crippen molar-refractivity contribution in [2.45, 2.75) is 45.1 Å². The van der Waals surface area contributed by atoms with Crippen LogP contribution >= 0.6 is 22.6 Å². The molecule has 0 spiro atoms. The van der Waals surface area contributed by atoms with Crippen molar-refractivity contribution in [2.24, 2.45) is 5.92 Å². The van der Waals surface area contributed by atoms with Gasteiger partial charge in [0.05, 0.1) is 0 Å². The van der Waals surface area contributed by atoms with Gasteiger partial charge in [-0.1, -0.05) is 19.3 Å². The quantitative estimate of drug-likeness (QED) is 0.842. The molecule has 0 saturated heterocycles. The summed E-state index contributed by atoms with van der Waals surface area (Å²) in [6.07, 6.45) is 8.33. The van der Waals surface area contributed by atoms with Gasteiger partial charge in [-0.05, 0) is 54.3 Å². The van der Waals surface area contributed by atoms with Gasteiger partial charge in [0, 0.05) is 15.8 Å². The highest BCUT2D eigenvalue weighted by Crippen LogP contribution is 2.34. The number of carboxylic acid groups (broad SMARTS) is 1. The standard InChI is InChI=1S/C13H18INO2/c1-9(10-5-3-2-4-6-10)15-8-11(14)7-12(15)13(16)17/h7-10H,2-6H2,1H3,(H,16,17). The maximum absolute atomic E-state index is 11.2. The minimum absolute atomic E-state index is 0.296. The third kappa shape index (κ3) is 2.84. The number of hydrogen-bond donors (Lipinski definition) is 1. The van der Waals surface area contributed by atoms with Gasteiger partial charge in [0.2, 0.25) is 0 Å². The Labute approximate surface area is 115 Å². The van der Waals surface area contributed by atoms with Gasteiger partial charge < -0.3 is 9.67 Å². The number of rotatable bonds is 3. The van der Waals surface area contributed by atoms with E-state index in [0.29, 0.717) is 17.7 Å². The monoisotopic (exact) mass is 347 g/mol. The molecule has 1 heterocycles. The number of hydrogen-bond acceptors (Lipinski definition) is 1. The third-order valence-electron chi connectivity index (χ3n) is 3.81. The Kier molecular flexibility index (Phi) is 4.12. The molecular weight excluding hydrogens is 329 g/mol. The van der Waals surface area contributed by atoms with Crippen molar-refractivity contribution < 1.29 is 9.90 Å². The molecule has 0 amide bonds. The number of carboxylic acids is 1. The molecule has 1 aliphatic rings. The van der Waals surface area contributed by atoms with Gasteiger partial charge in [-0.3, -0.25) is 0 Å². The van der Waals surface area contributed by atoms with Crippen LogP contribution in [-0.2, 0) is 0 Å². The first kappa shape index (κ1) is 12.9. The van der Waals surface area contributed by atoms with Crippen LogP contribution in [0.3, 0.4) is 0 Å². The molecule has 2 rings (SSSR count). The first-order chi connectivity index (χ1) is 8.09. The molecule has 1 aromatic rings. The molecule has 1 atom stereocenters. The first-order valence-corrected chi connectivity index (χ1v) is 7.28. The summed E-state index contributed by atoms with van der Waals surface area (Å²) in [5, 5.41) is 9.20. The topological polar surface area (TPSA) is 42.2 Å². The molecule has 1 aromatic heterocycles. The molecule has 1 unspecified atom stereocenters. The van der Waals surface area contributed by atoms with E-state index in [0.717, 1.165) is 3.57 Å². The molecule has 0 aromatic carbocycles. The lowest BCUT2D eigenvalue weighted by molar-refractivity contribution is 0.0679. The van der Waals surface area contributed by atoms with Gasteiger partial charge in [-0.15, -0.1) is 0 Å². The highest BCUT2D eigenvalue weighted by atomic mass is 127. The number of aromatic carboxylic acids is 1. The van der Waals surface area contributed by atoms with E-state index in [2.05, 4.69) is 29.5 Å². The van der Waals surface area contributed by atoms with E-state index in [1.165, 1.54) is 32.1 Å². The Morgan fingerprint density at radius 2 is 2.12 bits per heavy atom. The number of halogens is 1. The summed E-state index contributed by atoms with van der Waals surface area (Å²) >= 11 is 2.18. The summed E-state index contributed by atoms with van der Waals surface area (Å²) in [6, 6.07) is 2.05. The van der Waals surface area contributed by atoms with E-state index >= 15 is 0 Å². The second-order valence-corrected chi connectivity index (χ2v) is 6.14. The maximum atomic E-state index is 11.2. The summed E-state index contributed by atoms with van der Waals surface area (Å²) in [7, 11) is 0. The van der Waals surface area contributed by atoms with Crippen LogP contribution in [0.5, 0.6) is 0 Å². The Balaban J connectivity index is 2.22. The van der Waals surface area contributed by atoms with E-state index in [1.807, 2.05) is 10.8 Å². The van der Waals surface area contributed by atoms with Crippen molar-refractivity contribution in [2.75, 3.05) is 0 Å². The number of nitrogens with zero attached hydrogens (tertiary/aromatic N) is 1. The van der Waals surface area contributed by atoms with Crippen molar-refractivity contribution >= 4 is 28.6 Å². The molecule has 0 aliphatic heterocycles. The van der Waals surface area contributed by atoms with Crippen LogP contribution in [0.4, 0.5) is 0 Å². The van der Waals surface area contributed by atoms with Crippen LogP contribution < -0.4 is 0 Å². The van der Waals surface area contributed by atoms with E-state index in [1.54, 1.807) is 6.07 Å². The van der Waals surface area contributed by atoms with Crippen LogP contribution in [0.1, 0.15) is 55.6 Å². The van der Waals surface area contributed by atoms with Gasteiger partial charge in [-0.25, -0.2) is 4.79 Å². The van der Waals surface area contributed by atoms with Gasteiger partial charge in [-0.2, -0.15) is 0 Å². The molecule has 17 heavy (non-hydrogen) atoms. The smallest absolute Gasteiger partial charge is 0.352 e. The minimum atomic E-state index is -0.824. The SMILES string of the molecule is CC(C1CCCCC1)n1cc(I)cc1C(=O)O. The summed E-state index contributed by atoms with van der Waals surface area (Å²) in [4.78, 5) is 11.2. The summed E-state index contributed by atoms with van der Waals surface area (Å²) in [6.45, 7) is 2.15. The molecule has 0 radical (unpaired) electrons. The fourth-order valence-corrected chi connectivity index (χ4v) is 3.39. The zero-order valence-corrected chi connectivity index (χ0v) is 12.2. The van der Waals surface area contributed by atoms with E-state index in [9.17, 15) is 9.90 Å². The van der Waals surface area contributed by atoms with Gasteiger partial charge >= 0.3 is 5.97 Å². The molecule has 1 N–H and O–H groups in total. The second-order valence-electron chi connectivity index (χ2n) is 4.89. The third-order valence-corrected chi connectivity index (χ3v) is 4.40. The van der Waals surface area contributed by atoms with E-state index < -0.39 is 5.97 Å². The Hall–Kier alpha value is -0.520. The van der Waals surface area contributed by atoms with Crippen molar-refractivity contribution in [3.63, 3.8) is 0 Å². The summed E-state index contributed by atoms with van der Waals surface area (Å²) in [5.41, 5.74) is 0.424. The normalized spacial score (nSPS) is 19.2. The van der Waals surface area contributed by atoms with Crippen LogP contribution in [0.2, 0.25) is 0 Å². The molecule has 94 valence electrons. The Morgan fingerprint density at radius 1 is 1.47 bits per heavy atom. The highest BCUT2D eigenvalue weighted by Gasteiger charge is 2.24. The van der Waals surface area contributed by atoms with Crippen molar-refractivity contribution in [3.8, 4) is 0 Å². The Bertz CT molecular complexity index is 408. The molecule has 1 aliphatic carbocycles. The number of aromatic nitrogens is 1. The zero-order chi connectivity index (χ0) is 12.4. The zero-order valence-electron chi connectivity index (χ0n) is 10.0.